The van der Waals surface area contributed by atoms with E-state index in [2.05, 4.69) is 31.9 Å². The predicted molar refractivity (Wildman–Crippen MR) is 97.3 cm³/mol. The summed E-state index contributed by atoms with van der Waals surface area (Å²) >= 11 is 6.55. The van der Waals surface area contributed by atoms with E-state index in [0.29, 0.717) is 34.9 Å². The fraction of sp³-hybridized carbons (Fsp3) is 0.588. The van der Waals surface area contributed by atoms with Gasteiger partial charge in [-0.1, -0.05) is 31.9 Å². The summed E-state index contributed by atoms with van der Waals surface area (Å²) in [5.41, 5.74) is -0.257. The molecule has 134 valence electrons. The Morgan fingerprint density at radius 1 is 1.33 bits per heavy atom. The number of rotatable bonds is 2. The average molecular weight is 467 g/mol. The molecule has 1 saturated heterocycles. The molecule has 2 rings (SSSR count). The second kappa shape index (κ2) is 7.70. The number of aliphatic hydroxyl groups is 1. The summed E-state index contributed by atoms with van der Waals surface area (Å²) in [6.07, 6.45) is -0.0512. The van der Waals surface area contributed by atoms with Crippen LogP contribution >= 0.6 is 31.9 Å². The summed E-state index contributed by atoms with van der Waals surface area (Å²) in [7, 11) is 0. The monoisotopic (exact) mass is 465 g/mol. The SMILES string of the molecule is CC(C)(C)OC(=O)N1CCC(C(O)c2c(F)cc(Br)cc2Br)CC1. The Labute approximate surface area is 158 Å². The zero-order valence-electron chi connectivity index (χ0n) is 14.0. The lowest BCUT2D eigenvalue weighted by atomic mass is 9.87. The number of carbonyl (C=O) groups excluding carboxylic acids is 1. The van der Waals surface area contributed by atoms with Gasteiger partial charge in [-0.25, -0.2) is 9.18 Å². The molecule has 1 atom stereocenters. The highest BCUT2D eigenvalue weighted by Gasteiger charge is 2.32. The fourth-order valence-corrected chi connectivity index (χ4v) is 4.20. The van der Waals surface area contributed by atoms with Crippen LogP contribution in [0, 0.1) is 11.7 Å². The normalized spacial score (nSPS) is 17.7. The Balaban J connectivity index is 2.01. The van der Waals surface area contributed by atoms with Crippen LogP contribution < -0.4 is 0 Å². The molecular weight excluding hydrogens is 445 g/mol. The first kappa shape index (κ1) is 19.7. The Kier molecular flexibility index (Phi) is 6.31. The third-order valence-corrected chi connectivity index (χ3v) is 5.09. The molecule has 0 bridgehead atoms. The molecule has 1 aromatic rings. The number of carbonyl (C=O) groups is 1. The van der Waals surface area contributed by atoms with Crippen molar-refractivity contribution < 1.29 is 19.0 Å². The predicted octanol–water partition coefficient (Wildman–Crippen LogP) is 5.03. The standard InChI is InChI=1S/C17H22Br2FNO3/c1-17(2,3)24-16(23)21-6-4-10(5-7-21)15(22)14-12(19)8-11(18)9-13(14)20/h8-10,15,22H,4-7H2,1-3H3. The molecule has 0 aliphatic carbocycles. The minimum Gasteiger partial charge on any atom is -0.444 e. The molecule has 1 aliphatic heterocycles. The van der Waals surface area contributed by atoms with Gasteiger partial charge in [-0.2, -0.15) is 0 Å². The molecular formula is C17H22Br2FNO3. The van der Waals surface area contributed by atoms with Crippen LogP contribution in [-0.4, -0.2) is 34.8 Å². The molecule has 0 radical (unpaired) electrons. The van der Waals surface area contributed by atoms with E-state index < -0.39 is 17.5 Å². The summed E-state index contributed by atoms with van der Waals surface area (Å²) in [5.74, 6) is -0.547. The van der Waals surface area contributed by atoms with E-state index in [1.807, 2.05) is 20.8 Å². The van der Waals surface area contributed by atoms with Crippen LogP contribution in [0.4, 0.5) is 9.18 Å². The highest BCUT2D eigenvalue weighted by atomic mass is 79.9. The Morgan fingerprint density at radius 2 is 1.92 bits per heavy atom. The number of ether oxygens (including phenoxy) is 1. The number of nitrogens with zero attached hydrogens (tertiary/aromatic N) is 1. The van der Waals surface area contributed by atoms with E-state index in [9.17, 15) is 14.3 Å². The maximum absolute atomic E-state index is 14.2. The first-order valence-electron chi connectivity index (χ1n) is 7.89. The lowest BCUT2D eigenvalue weighted by molar-refractivity contribution is 0.00711. The van der Waals surface area contributed by atoms with Gasteiger partial charge in [0.1, 0.15) is 11.4 Å². The van der Waals surface area contributed by atoms with Crippen LogP contribution in [0.25, 0.3) is 0 Å². The molecule has 1 aliphatic rings. The maximum Gasteiger partial charge on any atom is 0.410 e. The summed E-state index contributed by atoms with van der Waals surface area (Å²) < 4.78 is 20.7. The van der Waals surface area contributed by atoms with Gasteiger partial charge in [0.15, 0.2) is 0 Å². The van der Waals surface area contributed by atoms with Gasteiger partial charge < -0.3 is 14.7 Å². The molecule has 0 aromatic heterocycles. The number of benzene rings is 1. The Hall–Kier alpha value is -0.660. The molecule has 1 heterocycles. The number of amides is 1. The third kappa shape index (κ3) is 4.92. The first-order chi connectivity index (χ1) is 11.1. The van der Waals surface area contributed by atoms with Crippen molar-refractivity contribution in [2.24, 2.45) is 5.92 Å². The summed E-state index contributed by atoms with van der Waals surface area (Å²) in [4.78, 5) is 13.7. The lowest BCUT2D eigenvalue weighted by Crippen LogP contribution is -2.42. The highest BCUT2D eigenvalue weighted by Crippen LogP contribution is 2.37. The minimum atomic E-state index is -0.909. The average Bonchev–Trinajstić information content (AvgIpc) is 2.44. The largest absolute Gasteiger partial charge is 0.444 e. The smallest absolute Gasteiger partial charge is 0.410 e. The van der Waals surface area contributed by atoms with Crippen molar-refractivity contribution in [3.05, 3.63) is 32.5 Å². The summed E-state index contributed by atoms with van der Waals surface area (Å²) in [5, 5.41) is 10.6. The van der Waals surface area contributed by atoms with Crippen LogP contribution in [0.1, 0.15) is 45.3 Å². The van der Waals surface area contributed by atoms with Gasteiger partial charge in [0.25, 0.3) is 0 Å². The van der Waals surface area contributed by atoms with E-state index in [1.54, 1.807) is 11.0 Å². The van der Waals surface area contributed by atoms with Crippen LogP contribution in [0.15, 0.2) is 21.1 Å². The lowest BCUT2D eigenvalue weighted by Gasteiger charge is -2.35. The molecule has 7 heteroatoms. The maximum atomic E-state index is 14.2. The van der Waals surface area contributed by atoms with Crippen molar-refractivity contribution in [3.8, 4) is 0 Å². The van der Waals surface area contributed by atoms with Crippen LogP contribution in [0.3, 0.4) is 0 Å². The quantitative estimate of drug-likeness (QED) is 0.664. The van der Waals surface area contributed by atoms with E-state index in [1.165, 1.54) is 6.07 Å². The molecule has 1 amide bonds. The van der Waals surface area contributed by atoms with Crippen molar-refractivity contribution in [3.63, 3.8) is 0 Å². The number of hydrogen-bond donors (Lipinski definition) is 1. The molecule has 0 spiro atoms. The molecule has 1 aromatic carbocycles. The number of hydrogen-bond acceptors (Lipinski definition) is 3. The van der Waals surface area contributed by atoms with E-state index >= 15 is 0 Å². The topological polar surface area (TPSA) is 49.8 Å². The Morgan fingerprint density at radius 3 is 2.42 bits per heavy atom. The van der Waals surface area contributed by atoms with Crippen molar-refractivity contribution in [2.75, 3.05) is 13.1 Å². The number of halogens is 3. The summed E-state index contributed by atoms with van der Waals surface area (Å²) in [6.45, 7) is 6.47. The van der Waals surface area contributed by atoms with Gasteiger partial charge in [-0.05, 0) is 51.7 Å². The van der Waals surface area contributed by atoms with E-state index in [0.717, 1.165) is 0 Å². The zero-order chi connectivity index (χ0) is 18.1. The number of likely N-dealkylation sites (tertiary alicyclic amines) is 1. The minimum absolute atomic E-state index is 0.101. The van der Waals surface area contributed by atoms with Crippen LogP contribution in [0.2, 0.25) is 0 Å². The van der Waals surface area contributed by atoms with Gasteiger partial charge in [-0.15, -0.1) is 0 Å². The van der Waals surface area contributed by atoms with Gasteiger partial charge in [0.2, 0.25) is 0 Å². The first-order valence-corrected chi connectivity index (χ1v) is 9.47. The number of piperidine rings is 1. The van der Waals surface area contributed by atoms with Crippen LogP contribution in [0.5, 0.6) is 0 Å². The second-order valence-corrected chi connectivity index (χ2v) is 8.80. The molecule has 1 unspecified atom stereocenters. The van der Waals surface area contributed by atoms with Crippen molar-refractivity contribution >= 4 is 38.0 Å². The molecule has 4 nitrogen and oxygen atoms in total. The third-order valence-electron chi connectivity index (χ3n) is 3.98. The molecule has 24 heavy (non-hydrogen) atoms. The van der Waals surface area contributed by atoms with E-state index in [4.69, 9.17) is 4.74 Å². The van der Waals surface area contributed by atoms with Gasteiger partial charge in [0, 0.05) is 27.6 Å². The van der Waals surface area contributed by atoms with Gasteiger partial charge in [-0.3, -0.25) is 0 Å². The molecule has 1 N–H and O–H groups in total. The highest BCUT2D eigenvalue weighted by molar-refractivity contribution is 9.11. The fourth-order valence-electron chi connectivity index (χ4n) is 2.80. The van der Waals surface area contributed by atoms with Gasteiger partial charge >= 0.3 is 6.09 Å². The zero-order valence-corrected chi connectivity index (χ0v) is 17.2. The molecule has 1 fully saturated rings. The Bertz CT molecular complexity index is 587. The molecule has 0 saturated carbocycles. The van der Waals surface area contributed by atoms with Crippen molar-refractivity contribution in [1.29, 1.82) is 0 Å². The van der Waals surface area contributed by atoms with Gasteiger partial charge in [0.05, 0.1) is 6.10 Å². The van der Waals surface area contributed by atoms with Crippen LogP contribution in [-0.2, 0) is 4.74 Å². The second-order valence-electron chi connectivity index (χ2n) is 7.03. The summed E-state index contributed by atoms with van der Waals surface area (Å²) in [6, 6.07) is 3.07. The van der Waals surface area contributed by atoms with Crippen molar-refractivity contribution in [1.82, 2.24) is 4.90 Å². The van der Waals surface area contributed by atoms with Crippen molar-refractivity contribution in [2.45, 2.75) is 45.3 Å². The number of aliphatic hydroxyl groups excluding tert-OH is 1. The van der Waals surface area contributed by atoms with E-state index in [-0.39, 0.29) is 17.6 Å².